The standard InChI is InChI=1S/C23H35N5O2S.HI/c1-18-7-8-19(21(15-18)30-14-6-13-29-3)16-26-22(24-2)25-10-9-20-17-31-23(27-20)28-11-4-5-12-28;/h7-8,15,17H,4-6,9-14,16H2,1-3H3,(H2,24,25,26);1H. The third-order valence-electron chi connectivity index (χ3n) is 5.23. The minimum absolute atomic E-state index is 0. The Morgan fingerprint density at radius 2 is 2.03 bits per heavy atom. The number of aryl methyl sites for hydroxylation is 1. The van der Waals surface area contributed by atoms with Crippen molar-refractivity contribution in [3.05, 3.63) is 40.4 Å². The second-order valence-electron chi connectivity index (χ2n) is 7.72. The Morgan fingerprint density at radius 1 is 1.22 bits per heavy atom. The average molecular weight is 574 g/mol. The van der Waals surface area contributed by atoms with Gasteiger partial charge in [-0.1, -0.05) is 12.1 Å². The SMILES string of the molecule is CN=C(NCCc1csc(N2CCCC2)n1)NCc1ccc(C)cc1OCCCOC.I. The van der Waals surface area contributed by atoms with Crippen LogP contribution in [0.3, 0.4) is 0 Å². The van der Waals surface area contributed by atoms with E-state index in [4.69, 9.17) is 14.5 Å². The number of anilines is 1. The van der Waals surface area contributed by atoms with E-state index in [-0.39, 0.29) is 24.0 Å². The van der Waals surface area contributed by atoms with Gasteiger partial charge in [0.15, 0.2) is 11.1 Å². The van der Waals surface area contributed by atoms with E-state index >= 15 is 0 Å². The number of halogens is 1. The summed E-state index contributed by atoms with van der Waals surface area (Å²) in [6, 6.07) is 6.30. The van der Waals surface area contributed by atoms with E-state index in [1.807, 2.05) is 0 Å². The van der Waals surface area contributed by atoms with Crippen LogP contribution in [0.25, 0.3) is 0 Å². The van der Waals surface area contributed by atoms with Crippen molar-refractivity contribution in [2.75, 3.05) is 51.9 Å². The van der Waals surface area contributed by atoms with Gasteiger partial charge in [-0.15, -0.1) is 35.3 Å². The van der Waals surface area contributed by atoms with Gasteiger partial charge in [-0.05, 0) is 31.4 Å². The number of nitrogens with one attached hydrogen (secondary N) is 2. The van der Waals surface area contributed by atoms with E-state index in [0.717, 1.165) is 60.6 Å². The molecule has 0 bridgehead atoms. The van der Waals surface area contributed by atoms with Crippen LogP contribution in [0.15, 0.2) is 28.6 Å². The molecule has 0 aliphatic carbocycles. The van der Waals surface area contributed by atoms with Crippen LogP contribution in [-0.2, 0) is 17.7 Å². The van der Waals surface area contributed by atoms with Gasteiger partial charge in [0.25, 0.3) is 0 Å². The predicted molar refractivity (Wildman–Crippen MR) is 144 cm³/mol. The van der Waals surface area contributed by atoms with Crippen LogP contribution >= 0.6 is 35.3 Å². The average Bonchev–Trinajstić information content (AvgIpc) is 3.46. The number of hydrogen-bond donors (Lipinski definition) is 2. The predicted octanol–water partition coefficient (Wildman–Crippen LogP) is 3.99. The molecule has 0 atom stereocenters. The van der Waals surface area contributed by atoms with Crippen molar-refractivity contribution < 1.29 is 9.47 Å². The second kappa shape index (κ2) is 14.5. The Hall–Kier alpha value is -1.59. The Labute approximate surface area is 213 Å². The molecular formula is C23H36IN5O2S. The third kappa shape index (κ3) is 8.40. The van der Waals surface area contributed by atoms with Gasteiger partial charge < -0.3 is 25.0 Å². The van der Waals surface area contributed by atoms with Crippen molar-refractivity contribution in [1.29, 1.82) is 0 Å². The molecule has 1 aliphatic heterocycles. The largest absolute Gasteiger partial charge is 0.493 e. The molecule has 1 fully saturated rings. The Bertz CT molecular complexity index is 840. The fraction of sp³-hybridized carbons (Fsp3) is 0.565. The van der Waals surface area contributed by atoms with Crippen LogP contribution in [0.5, 0.6) is 5.75 Å². The maximum Gasteiger partial charge on any atom is 0.191 e. The minimum atomic E-state index is 0. The van der Waals surface area contributed by atoms with Crippen molar-refractivity contribution in [3.8, 4) is 5.75 Å². The molecule has 178 valence electrons. The number of aliphatic imine (C=N–C) groups is 1. The van der Waals surface area contributed by atoms with Crippen LogP contribution in [0.1, 0.15) is 36.1 Å². The summed E-state index contributed by atoms with van der Waals surface area (Å²) in [7, 11) is 3.50. The summed E-state index contributed by atoms with van der Waals surface area (Å²) in [6.45, 7) is 7.14. The van der Waals surface area contributed by atoms with Gasteiger partial charge in [0.1, 0.15) is 5.75 Å². The molecule has 0 saturated carbocycles. The molecule has 0 amide bonds. The fourth-order valence-electron chi connectivity index (χ4n) is 3.50. The Kier molecular flexibility index (Phi) is 12.1. The van der Waals surface area contributed by atoms with E-state index in [2.05, 4.69) is 51.0 Å². The number of nitrogens with zero attached hydrogens (tertiary/aromatic N) is 3. The summed E-state index contributed by atoms with van der Waals surface area (Å²) in [5.41, 5.74) is 3.44. The van der Waals surface area contributed by atoms with E-state index in [0.29, 0.717) is 19.8 Å². The Balaban J connectivity index is 0.00000363. The molecule has 1 aromatic carbocycles. The zero-order valence-corrected chi connectivity index (χ0v) is 22.5. The lowest BCUT2D eigenvalue weighted by molar-refractivity contribution is 0.172. The summed E-state index contributed by atoms with van der Waals surface area (Å²) in [6.07, 6.45) is 4.30. The number of hydrogen-bond acceptors (Lipinski definition) is 6. The minimum Gasteiger partial charge on any atom is -0.493 e. The third-order valence-corrected chi connectivity index (χ3v) is 6.18. The smallest absolute Gasteiger partial charge is 0.191 e. The first kappa shape index (κ1) is 26.7. The number of ether oxygens (including phenoxy) is 2. The van der Waals surface area contributed by atoms with Crippen LogP contribution in [0, 0.1) is 6.92 Å². The highest BCUT2D eigenvalue weighted by atomic mass is 127. The number of benzene rings is 1. The van der Waals surface area contributed by atoms with Gasteiger partial charge in [-0.2, -0.15) is 0 Å². The maximum absolute atomic E-state index is 5.98. The van der Waals surface area contributed by atoms with E-state index in [1.165, 1.54) is 18.4 Å². The highest BCUT2D eigenvalue weighted by molar-refractivity contribution is 14.0. The molecule has 2 aromatic rings. The molecule has 0 spiro atoms. The summed E-state index contributed by atoms with van der Waals surface area (Å²) < 4.78 is 11.1. The molecule has 7 nitrogen and oxygen atoms in total. The number of thiazole rings is 1. The molecular weight excluding hydrogens is 537 g/mol. The molecule has 1 saturated heterocycles. The summed E-state index contributed by atoms with van der Waals surface area (Å²) in [5.74, 6) is 1.69. The van der Waals surface area contributed by atoms with Crippen LogP contribution in [0.4, 0.5) is 5.13 Å². The number of guanidine groups is 1. The first-order chi connectivity index (χ1) is 15.2. The molecule has 0 unspecified atom stereocenters. The van der Waals surface area contributed by atoms with Crippen LogP contribution in [-0.4, -0.2) is 57.9 Å². The molecule has 2 N–H and O–H groups in total. The lowest BCUT2D eigenvalue weighted by Gasteiger charge is -2.15. The quantitative estimate of drug-likeness (QED) is 0.183. The van der Waals surface area contributed by atoms with Crippen molar-refractivity contribution in [2.45, 2.75) is 39.2 Å². The van der Waals surface area contributed by atoms with Gasteiger partial charge in [-0.25, -0.2) is 4.98 Å². The van der Waals surface area contributed by atoms with Crippen LogP contribution < -0.4 is 20.3 Å². The first-order valence-corrected chi connectivity index (χ1v) is 11.9. The maximum atomic E-state index is 5.98. The first-order valence-electron chi connectivity index (χ1n) is 11.0. The fourth-order valence-corrected chi connectivity index (χ4v) is 4.41. The van der Waals surface area contributed by atoms with Crippen molar-refractivity contribution in [1.82, 2.24) is 15.6 Å². The van der Waals surface area contributed by atoms with Gasteiger partial charge in [0, 0.05) is 70.7 Å². The zero-order valence-electron chi connectivity index (χ0n) is 19.4. The summed E-state index contributed by atoms with van der Waals surface area (Å²) in [4.78, 5) is 11.5. The van der Waals surface area contributed by atoms with Gasteiger partial charge >= 0.3 is 0 Å². The highest BCUT2D eigenvalue weighted by Crippen LogP contribution is 2.24. The van der Waals surface area contributed by atoms with E-state index in [1.54, 1.807) is 25.5 Å². The highest BCUT2D eigenvalue weighted by Gasteiger charge is 2.15. The Morgan fingerprint density at radius 3 is 2.78 bits per heavy atom. The molecule has 0 radical (unpaired) electrons. The summed E-state index contributed by atoms with van der Waals surface area (Å²) in [5, 5.41) is 10.1. The second-order valence-corrected chi connectivity index (χ2v) is 8.56. The molecule has 3 rings (SSSR count). The molecule has 9 heteroatoms. The van der Waals surface area contributed by atoms with E-state index < -0.39 is 0 Å². The van der Waals surface area contributed by atoms with Crippen molar-refractivity contribution in [3.63, 3.8) is 0 Å². The summed E-state index contributed by atoms with van der Waals surface area (Å²) >= 11 is 1.75. The van der Waals surface area contributed by atoms with Crippen molar-refractivity contribution >= 4 is 46.4 Å². The van der Waals surface area contributed by atoms with Crippen LogP contribution in [0.2, 0.25) is 0 Å². The van der Waals surface area contributed by atoms with E-state index in [9.17, 15) is 0 Å². The molecule has 32 heavy (non-hydrogen) atoms. The molecule has 2 heterocycles. The number of methoxy groups -OCH3 is 1. The topological polar surface area (TPSA) is 71.0 Å². The normalized spacial score (nSPS) is 13.7. The molecule has 1 aromatic heterocycles. The van der Waals surface area contributed by atoms with Gasteiger partial charge in [0.2, 0.25) is 0 Å². The molecule has 1 aliphatic rings. The lowest BCUT2D eigenvalue weighted by Crippen LogP contribution is -2.38. The lowest BCUT2D eigenvalue weighted by atomic mass is 10.1. The van der Waals surface area contributed by atoms with Crippen molar-refractivity contribution in [2.24, 2.45) is 4.99 Å². The zero-order chi connectivity index (χ0) is 21.9. The van der Waals surface area contributed by atoms with Gasteiger partial charge in [-0.3, -0.25) is 4.99 Å². The number of rotatable bonds is 11. The number of aromatic nitrogens is 1. The monoisotopic (exact) mass is 573 g/mol. The van der Waals surface area contributed by atoms with Gasteiger partial charge in [0.05, 0.1) is 12.3 Å².